The van der Waals surface area contributed by atoms with Gasteiger partial charge in [0.1, 0.15) is 0 Å². The van der Waals surface area contributed by atoms with Crippen molar-refractivity contribution in [3.8, 4) is 0 Å². The van der Waals surface area contributed by atoms with Gasteiger partial charge in [-0.15, -0.1) is 0 Å². The fraction of sp³-hybridized carbons (Fsp3) is 0.133. The third-order valence-electron chi connectivity index (χ3n) is 3.14. The van der Waals surface area contributed by atoms with Crippen molar-refractivity contribution >= 4 is 16.8 Å². The molecule has 3 rings (SSSR count). The Morgan fingerprint density at radius 3 is 2.63 bits per heavy atom. The minimum absolute atomic E-state index is 0.00917. The van der Waals surface area contributed by atoms with E-state index in [1.807, 2.05) is 71.0 Å². The van der Waals surface area contributed by atoms with Crippen LogP contribution in [0.3, 0.4) is 0 Å². The zero-order valence-corrected chi connectivity index (χ0v) is 10.7. The predicted molar refractivity (Wildman–Crippen MR) is 71.7 cm³/mol. The standard InChI is InChI=1S/C15H14N3O/c1-17-13-8-4-3-7-12(13)16-15(17)14(19)11-18-9-5-2-6-10-18/h2-10H,11H2,1H3/q+1. The maximum Gasteiger partial charge on any atom is 0.262 e. The van der Waals surface area contributed by atoms with Gasteiger partial charge < -0.3 is 4.57 Å². The molecule has 3 aromatic rings. The second-order valence-corrected chi connectivity index (χ2v) is 4.45. The maximum absolute atomic E-state index is 12.3. The van der Waals surface area contributed by atoms with E-state index in [0.717, 1.165) is 11.0 Å². The molecule has 0 aliphatic heterocycles. The molecule has 0 aliphatic carbocycles. The lowest BCUT2D eigenvalue weighted by Gasteiger charge is -1.99. The summed E-state index contributed by atoms with van der Waals surface area (Å²) in [6, 6.07) is 13.5. The number of fused-ring (bicyclic) bond motifs is 1. The summed E-state index contributed by atoms with van der Waals surface area (Å²) in [6.45, 7) is 0.304. The van der Waals surface area contributed by atoms with Gasteiger partial charge in [0.05, 0.1) is 11.0 Å². The summed E-state index contributed by atoms with van der Waals surface area (Å²) in [7, 11) is 1.87. The number of ketones is 1. The number of pyridine rings is 1. The number of rotatable bonds is 3. The van der Waals surface area contributed by atoms with E-state index in [0.29, 0.717) is 12.4 Å². The van der Waals surface area contributed by atoms with Crippen molar-refractivity contribution in [2.24, 2.45) is 7.05 Å². The van der Waals surface area contributed by atoms with Crippen LogP contribution in [0, 0.1) is 0 Å². The SMILES string of the molecule is Cn1c(C(=O)C[n+]2ccccc2)nc2ccccc21. The fourth-order valence-corrected chi connectivity index (χ4v) is 2.17. The van der Waals surface area contributed by atoms with Crippen LogP contribution in [0.4, 0.5) is 0 Å². The van der Waals surface area contributed by atoms with E-state index in [2.05, 4.69) is 4.98 Å². The Kier molecular flexibility index (Phi) is 2.83. The molecule has 0 bridgehead atoms. The molecule has 0 saturated carbocycles. The van der Waals surface area contributed by atoms with Gasteiger partial charge in [0.2, 0.25) is 6.54 Å². The lowest BCUT2D eigenvalue weighted by molar-refractivity contribution is -0.683. The number of para-hydroxylation sites is 2. The Labute approximate surface area is 110 Å². The molecule has 0 fully saturated rings. The third-order valence-corrected chi connectivity index (χ3v) is 3.14. The van der Waals surface area contributed by atoms with Gasteiger partial charge in [-0.3, -0.25) is 4.79 Å². The zero-order valence-electron chi connectivity index (χ0n) is 10.7. The first-order chi connectivity index (χ1) is 9.25. The highest BCUT2D eigenvalue weighted by atomic mass is 16.1. The molecule has 4 heteroatoms. The third kappa shape index (κ3) is 2.12. The van der Waals surface area contributed by atoms with Gasteiger partial charge in [0, 0.05) is 19.2 Å². The average molecular weight is 252 g/mol. The Hall–Kier alpha value is -2.49. The van der Waals surface area contributed by atoms with Crippen molar-refractivity contribution in [2.75, 3.05) is 0 Å². The molecule has 4 nitrogen and oxygen atoms in total. The van der Waals surface area contributed by atoms with E-state index >= 15 is 0 Å². The van der Waals surface area contributed by atoms with Crippen LogP contribution in [0.1, 0.15) is 10.6 Å². The van der Waals surface area contributed by atoms with Gasteiger partial charge in [0.15, 0.2) is 18.2 Å². The first-order valence-corrected chi connectivity index (χ1v) is 6.14. The molecule has 2 heterocycles. The number of Topliss-reactive ketones (excluding diaryl/α,β-unsaturated/α-hetero) is 1. The summed E-state index contributed by atoms with van der Waals surface area (Å²) in [6.07, 6.45) is 3.75. The highest BCUT2D eigenvalue weighted by Crippen LogP contribution is 2.14. The Morgan fingerprint density at radius 2 is 1.89 bits per heavy atom. The highest BCUT2D eigenvalue weighted by Gasteiger charge is 2.18. The summed E-state index contributed by atoms with van der Waals surface area (Å²) in [5, 5.41) is 0. The number of imidazole rings is 1. The van der Waals surface area contributed by atoms with Crippen molar-refractivity contribution in [2.45, 2.75) is 6.54 Å². The summed E-state index contributed by atoms with van der Waals surface area (Å²) < 4.78 is 3.70. The summed E-state index contributed by atoms with van der Waals surface area (Å²) in [5.74, 6) is 0.507. The molecule has 0 radical (unpaired) electrons. The zero-order chi connectivity index (χ0) is 13.2. The molecule has 1 aromatic carbocycles. The maximum atomic E-state index is 12.3. The summed E-state index contributed by atoms with van der Waals surface area (Å²) in [5.41, 5.74) is 1.83. The first kappa shape index (κ1) is 11.6. The van der Waals surface area contributed by atoms with E-state index < -0.39 is 0 Å². The van der Waals surface area contributed by atoms with Gasteiger partial charge in [-0.05, 0) is 12.1 Å². The second kappa shape index (κ2) is 4.65. The monoisotopic (exact) mass is 252 g/mol. The lowest BCUT2D eigenvalue weighted by Crippen LogP contribution is -2.37. The van der Waals surface area contributed by atoms with E-state index in [1.165, 1.54) is 0 Å². The largest absolute Gasteiger partial charge is 0.324 e. The topological polar surface area (TPSA) is 38.8 Å². The number of carbonyl (C=O) groups is 1. The Morgan fingerprint density at radius 1 is 1.16 bits per heavy atom. The van der Waals surface area contributed by atoms with Crippen LogP contribution >= 0.6 is 0 Å². The number of aromatic nitrogens is 3. The van der Waals surface area contributed by atoms with Gasteiger partial charge >= 0.3 is 0 Å². The molecule has 94 valence electrons. The van der Waals surface area contributed by atoms with E-state index in [1.54, 1.807) is 0 Å². The van der Waals surface area contributed by atoms with Crippen molar-refractivity contribution in [1.29, 1.82) is 0 Å². The molecule has 0 amide bonds. The molecule has 0 saturated heterocycles. The smallest absolute Gasteiger partial charge is 0.262 e. The van der Waals surface area contributed by atoms with Crippen LogP contribution in [0.5, 0.6) is 0 Å². The van der Waals surface area contributed by atoms with Gasteiger partial charge in [-0.1, -0.05) is 18.2 Å². The quantitative estimate of drug-likeness (QED) is 0.526. The number of carbonyl (C=O) groups excluding carboxylic acids is 1. The van der Waals surface area contributed by atoms with Crippen molar-refractivity contribution in [3.05, 3.63) is 60.7 Å². The molecule has 0 aliphatic rings. The first-order valence-electron chi connectivity index (χ1n) is 6.14. The van der Waals surface area contributed by atoms with E-state index in [4.69, 9.17) is 0 Å². The van der Waals surface area contributed by atoms with Crippen LogP contribution in [0.25, 0.3) is 11.0 Å². The minimum Gasteiger partial charge on any atom is -0.324 e. The molecular formula is C15H14N3O+. The van der Waals surface area contributed by atoms with Crippen LogP contribution < -0.4 is 4.57 Å². The van der Waals surface area contributed by atoms with Gasteiger partial charge in [-0.25, -0.2) is 4.98 Å². The van der Waals surface area contributed by atoms with Crippen molar-refractivity contribution in [3.63, 3.8) is 0 Å². The van der Waals surface area contributed by atoms with Crippen molar-refractivity contribution < 1.29 is 9.36 Å². The molecule has 0 unspecified atom stereocenters. The van der Waals surface area contributed by atoms with Crippen LogP contribution in [-0.4, -0.2) is 15.3 Å². The summed E-state index contributed by atoms with van der Waals surface area (Å²) >= 11 is 0. The number of hydrogen-bond acceptors (Lipinski definition) is 2. The molecule has 2 aromatic heterocycles. The lowest BCUT2D eigenvalue weighted by atomic mass is 10.3. The average Bonchev–Trinajstić information content (AvgIpc) is 2.78. The van der Waals surface area contributed by atoms with Crippen LogP contribution in [0.2, 0.25) is 0 Å². The summed E-state index contributed by atoms with van der Waals surface area (Å²) in [4.78, 5) is 16.7. The molecule has 0 spiro atoms. The Bertz CT molecular complexity index is 731. The van der Waals surface area contributed by atoms with Gasteiger partial charge in [0.25, 0.3) is 5.78 Å². The number of nitrogens with zero attached hydrogens (tertiary/aromatic N) is 3. The van der Waals surface area contributed by atoms with E-state index in [-0.39, 0.29) is 5.78 Å². The highest BCUT2D eigenvalue weighted by molar-refractivity contribution is 5.95. The molecule has 0 atom stereocenters. The fourth-order valence-electron chi connectivity index (χ4n) is 2.17. The molecular weight excluding hydrogens is 238 g/mol. The number of hydrogen-bond donors (Lipinski definition) is 0. The van der Waals surface area contributed by atoms with Crippen molar-refractivity contribution in [1.82, 2.24) is 9.55 Å². The minimum atomic E-state index is 0.00917. The molecule has 0 N–H and O–H groups in total. The van der Waals surface area contributed by atoms with Gasteiger partial charge in [-0.2, -0.15) is 4.57 Å². The van der Waals surface area contributed by atoms with E-state index in [9.17, 15) is 4.79 Å². The van der Waals surface area contributed by atoms with Crippen LogP contribution in [-0.2, 0) is 13.6 Å². The van der Waals surface area contributed by atoms with Crippen LogP contribution in [0.15, 0.2) is 54.9 Å². The number of benzene rings is 1. The predicted octanol–water partition coefficient (Wildman–Crippen LogP) is 1.74. The second-order valence-electron chi connectivity index (χ2n) is 4.45. The number of aryl methyl sites for hydroxylation is 1. The normalized spacial score (nSPS) is 10.8. The molecule has 19 heavy (non-hydrogen) atoms. The Balaban J connectivity index is 1.96.